The highest BCUT2D eigenvalue weighted by Gasteiger charge is 2.26. The summed E-state index contributed by atoms with van der Waals surface area (Å²) in [6.07, 6.45) is 1.98. The van der Waals surface area contributed by atoms with E-state index in [0.717, 1.165) is 12.7 Å². The van der Waals surface area contributed by atoms with Gasteiger partial charge >= 0.3 is 0 Å². The van der Waals surface area contributed by atoms with Crippen LogP contribution in [-0.4, -0.2) is 25.6 Å². The number of rotatable bonds is 6. The summed E-state index contributed by atoms with van der Waals surface area (Å²) < 4.78 is 23.3. The minimum atomic E-state index is -3.64. The van der Waals surface area contributed by atoms with E-state index in [1.807, 2.05) is 13.8 Å². The molecule has 7 heteroatoms. The number of benzene rings is 1. The molecule has 0 amide bonds. The molecule has 0 spiro atoms. The van der Waals surface area contributed by atoms with E-state index < -0.39 is 14.8 Å². The number of sulfone groups is 1. The van der Waals surface area contributed by atoms with Crippen LogP contribution in [0.1, 0.15) is 25.8 Å². The normalized spacial score (nSPS) is 13.4. The molecule has 0 fully saturated rings. The molecular weight excluding hydrogens is 280 g/mol. The third-order valence-electron chi connectivity index (χ3n) is 2.92. The lowest BCUT2D eigenvalue weighted by molar-refractivity contribution is -0.388. The Kier molecular flexibility index (Phi) is 5.24. The first-order valence-corrected chi connectivity index (χ1v) is 8.24. The Labute approximate surface area is 119 Å². The van der Waals surface area contributed by atoms with Gasteiger partial charge in [0, 0.05) is 17.9 Å². The van der Waals surface area contributed by atoms with Crippen LogP contribution in [0.15, 0.2) is 23.1 Å². The molecule has 0 aliphatic carbocycles. The summed E-state index contributed by atoms with van der Waals surface area (Å²) in [4.78, 5) is 10.3. The molecule has 0 saturated carbocycles. The van der Waals surface area contributed by atoms with Gasteiger partial charge < -0.3 is 5.73 Å². The molecule has 0 saturated heterocycles. The van der Waals surface area contributed by atoms with E-state index in [4.69, 9.17) is 5.73 Å². The van der Waals surface area contributed by atoms with E-state index in [-0.39, 0.29) is 23.0 Å². The average Bonchev–Trinajstić information content (AvgIpc) is 2.25. The SMILES string of the molecule is CC(C)CC(N)Cc1cccc(S(C)(=O)=O)c1[N+](=O)[O-]. The maximum Gasteiger partial charge on any atom is 0.291 e. The first-order valence-electron chi connectivity index (χ1n) is 6.34. The molecule has 0 bridgehead atoms. The largest absolute Gasteiger partial charge is 0.327 e. The van der Waals surface area contributed by atoms with Gasteiger partial charge in [0.05, 0.1) is 4.92 Å². The summed E-state index contributed by atoms with van der Waals surface area (Å²) in [5.41, 5.74) is 5.98. The van der Waals surface area contributed by atoms with E-state index >= 15 is 0 Å². The van der Waals surface area contributed by atoms with Gasteiger partial charge in [-0.05, 0) is 24.8 Å². The van der Waals surface area contributed by atoms with Crippen molar-refractivity contribution in [2.24, 2.45) is 11.7 Å². The third kappa shape index (κ3) is 4.28. The van der Waals surface area contributed by atoms with Gasteiger partial charge in [-0.2, -0.15) is 0 Å². The maximum atomic E-state index is 11.6. The Hall–Kier alpha value is -1.47. The van der Waals surface area contributed by atoms with Gasteiger partial charge in [-0.3, -0.25) is 10.1 Å². The summed E-state index contributed by atoms with van der Waals surface area (Å²) in [6, 6.07) is 4.10. The van der Waals surface area contributed by atoms with Crippen molar-refractivity contribution in [3.8, 4) is 0 Å². The quantitative estimate of drug-likeness (QED) is 0.638. The van der Waals surface area contributed by atoms with Crippen LogP contribution in [0.5, 0.6) is 0 Å². The fourth-order valence-corrected chi connectivity index (χ4v) is 3.09. The van der Waals surface area contributed by atoms with Gasteiger partial charge in [0.2, 0.25) is 0 Å². The third-order valence-corrected chi connectivity index (χ3v) is 4.05. The van der Waals surface area contributed by atoms with Gasteiger partial charge in [0.1, 0.15) is 4.90 Å². The van der Waals surface area contributed by atoms with E-state index in [1.54, 1.807) is 6.07 Å². The molecule has 0 aliphatic rings. The lowest BCUT2D eigenvalue weighted by atomic mass is 9.97. The number of nitro groups is 1. The Bertz CT molecular complexity index is 596. The van der Waals surface area contributed by atoms with Crippen molar-refractivity contribution in [3.63, 3.8) is 0 Å². The number of nitro benzene ring substituents is 1. The van der Waals surface area contributed by atoms with Crippen molar-refractivity contribution in [1.29, 1.82) is 0 Å². The fraction of sp³-hybridized carbons (Fsp3) is 0.538. The van der Waals surface area contributed by atoms with Crippen LogP contribution in [0.2, 0.25) is 0 Å². The fourth-order valence-electron chi connectivity index (χ4n) is 2.21. The van der Waals surface area contributed by atoms with Crippen LogP contribution in [-0.2, 0) is 16.3 Å². The molecule has 0 aliphatic heterocycles. The van der Waals surface area contributed by atoms with Crippen LogP contribution in [0.4, 0.5) is 5.69 Å². The molecule has 0 heterocycles. The van der Waals surface area contributed by atoms with Crippen molar-refractivity contribution in [2.75, 3.05) is 6.26 Å². The zero-order valence-corrected chi connectivity index (χ0v) is 12.7. The molecule has 1 aromatic carbocycles. The molecule has 1 atom stereocenters. The van der Waals surface area contributed by atoms with Crippen molar-refractivity contribution in [3.05, 3.63) is 33.9 Å². The Balaban J connectivity index is 3.24. The second-order valence-corrected chi connectivity index (χ2v) is 7.37. The van der Waals surface area contributed by atoms with Gasteiger partial charge in [0.25, 0.3) is 5.69 Å². The number of nitrogens with zero attached hydrogens (tertiary/aromatic N) is 1. The van der Waals surface area contributed by atoms with Crippen molar-refractivity contribution in [1.82, 2.24) is 0 Å². The van der Waals surface area contributed by atoms with Gasteiger partial charge in [-0.25, -0.2) is 8.42 Å². The molecule has 0 aromatic heterocycles. The molecular formula is C13H20N2O4S. The summed E-state index contributed by atoms with van der Waals surface area (Å²) in [5.74, 6) is 0.377. The van der Waals surface area contributed by atoms with Gasteiger partial charge in [0.15, 0.2) is 9.84 Å². The summed E-state index contributed by atoms with van der Waals surface area (Å²) in [6.45, 7) is 4.03. The number of nitrogens with two attached hydrogens (primary N) is 1. The minimum absolute atomic E-state index is 0.233. The monoisotopic (exact) mass is 300 g/mol. The predicted octanol–water partition coefficient (Wildman–Crippen LogP) is 1.91. The zero-order valence-electron chi connectivity index (χ0n) is 11.9. The maximum absolute atomic E-state index is 11.6. The van der Waals surface area contributed by atoms with Gasteiger partial charge in [-0.15, -0.1) is 0 Å². The van der Waals surface area contributed by atoms with Crippen molar-refractivity contribution < 1.29 is 13.3 Å². The van der Waals surface area contributed by atoms with Crippen molar-refractivity contribution in [2.45, 2.75) is 37.6 Å². The lowest BCUT2D eigenvalue weighted by Crippen LogP contribution is -2.25. The summed E-state index contributed by atoms with van der Waals surface area (Å²) in [5, 5.41) is 11.2. The van der Waals surface area contributed by atoms with Gasteiger partial charge in [-0.1, -0.05) is 26.0 Å². The predicted molar refractivity (Wildman–Crippen MR) is 77.3 cm³/mol. The van der Waals surface area contributed by atoms with E-state index in [2.05, 4.69) is 0 Å². The van der Waals surface area contributed by atoms with E-state index in [0.29, 0.717) is 11.5 Å². The zero-order chi connectivity index (χ0) is 15.5. The minimum Gasteiger partial charge on any atom is -0.327 e. The Morgan fingerprint density at radius 2 is 1.95 bits per heavy atom. The summed E-state index contributed by atoms with van der Waals surface area (Å²) in [7, 11) is -3.64. The van der Waals surface area contributed by atoms with E-state index in [9.17, 15) is 18.5 Å². The van der Waals surface area contributed by atoms with E-state index in [1.165, 1.54) is 12.1 Å². The number of hydrogen-bond donors (Lipinski definition) is 1. The lowest BCUT2D eigenvalue weighted by Gasteiger charge is -2.14. The molecule has 1 rings (SSSR count). The highest BCUT2D eigenvalue weighted by atomic mass is 32.2. The van der Waals surface area contributed by atoms with Crippen LogP contribution in [0, 0.1) is 16.0 Å². The number of para-hydroxylation sites is 1. The van der Waals surface area contributed by atoms with Crippen molar-refractivity contribution >= 4 is 15.5 Å². The Morgan fingerprint density at radius 1 is 1.35 bits per heavy atom. The molecule has 112 valence electrons. The summed E-state index contributed by atoms with van der Waals surface area (Å²) >= 11 is 0. The molecule has 1 unspecified atom stereocenters. The second kappa shape index (κ2) is 6.32. The Morgan fingerprint density at radius 3 is 2.40 bits per heavy atom. The highest BCUT2D eigenvalue weighted by molar-refractivity contribution is 7.90. The molecule has 20 heavy (non-hydrogen) atoms. The molecule has 6 nitrogen and oxygen atoms in total. The smallest absolute Gasteiger partial charge is 0.291 e. The standard InChI is InChI=1S/C13H20N2O4S/c1-9(2)7-11(14)8-10-5-4-6-12(20(3,18)19)13(10)15(16)17/h4-6,9,11H,7-8,14H2,1-3H3. The molecule has 1 aromatic rings. The molecule has 2 N–H and O–H groups in total. The highest BCUT2D eigenvalue weighted by Crippen LogP contribution is 2.29. The van der Waals surface area contributed by atoms with Crippen LogP contribution in [0.3, 0.4) is 0 Å². The number of hydrogen-bond acceptors (Lipinski definition) is 5. The topological polar surface area (TPSA) is 103 Å². The first kappa shape index (κ1) is 16.6. The van der Waals surface area contributed by atoms with Crippen LogP contribution < -0.4 is 5.73 Å². The molecule has 0 radical (unpaired) electrons. The van der Waals surface area contributed by atoms with Crippen LogP contribution >= 0.6 is 0 Å². The second-order valence-electron chi connectivity index (χ2n) is 5.39. The van der Waals surface area contributed by atoms with Crippen LogP contribution in [0.25, 0.3) is 0 Å². The average molecular weight is 300 g/mol. The first-order chi connectivity index (χ1) is 9.12.